The summed E-state index contributed by atoms with van der Waals surface area (Å²) < 4.78 is 6.45. The summed E-state index contributed by atoms with van der Waals surface area (Å²) >= 11 is 0. The zero-order valence-corrected chi connectivity index (χ0v) is 26.3. The zero-order chi connectivity index (χ0) is 32.7. The molecule has 244 valence electrons. The molecule has 1 aromatic heterocycles. The van der Waals surface area contributed by atoms with Crippen LogP contribution in [0.2, 0.25) is 0 Å². The predicted molar refractivity (Wildman–Crippen MR) is 172 cm³/mol. The highest BCUT2D eigenvalue weighted by molar-refractivity contribution is 6.08. The monoisotopic (exact) mass is 630 g/mol. The SMILES string of the molecule is COC(=O)CCCCN1C(=O)[C@](O)([C@H](C)/C=C/CCn2cc(C(CO)c3ccccc3)nn2)c2cc(N3CCNCC3=O)ccc21. The smallest absolute Gasteiger partial charge is 0.305 e. The molecule has 3 atom stereocenters. The van der Waals surface area contributed by atoms with E-state index < -0.39 is 17.4 Å². The molecule has 0 radical (unpaired) electrons. The van der Waals surface area contributed by atoms with E-state index >= 15 is 0 Å². The van der Waals surface area contributed by atoms with Gasteiger partial charge in [0.1, 0.15) is 0 Å². The number of carbonyl (C=O) groups excluding carboxylic acids is 3. The lowest BCUT2D eigenvalue weighted by atomic mass is 9.82. The van der Waals surface area contributed by atoms with E-state index in [2.05, 4.69) is 15.6 Å². The number of nitrogens with zero attached hydrogens (tertiary/aromatic N) is 5. The second-order valence-electron chi connectivity index (χ2n) is 11.7. The van der Waals surface area contributed by atoms with Gasteiger partial charge >= 0.3 is 5.97 Å². The van der Waals surface area contributed by atoms with Crippen LogP contribution in [0.1, 0.15) is 55.3 Å². The molecule has 2 aliphatic rings. The first kappa shape index (κ1) is 33.0. The normalized spacial score (nSPS) is 19.5. The molecule has 12 heteroatoms. The topological polar surface area (TPSA) is 150 Å². The van der Waals surface area contributed by atoms with Crippen molar-refractivity contribution in [3.63, 3.8) is 0 Å². The average Bonchev–Trinajstić information content (AvgIpc) is 3.62. The van der Waals surface area contributed by atoms with E-state index in [1.54, 1.807) is 33.5 Å². The molecule has 46 heavy (non-hydrogen) atoms. The van der Waals surface area contributed by atoms with Crippen molar-refractivity contribution in [2.75, 3.05) is 49.7 Å². The van der Waals surface area contributed by atoms with E-state index in [1.807, 2.05) is 54.7 Å². The van der Waals surface area contributed by atoms with Gasteiger partial charge in [-0.3, -0.25) is 19.1 Å². The van der Waals surface area contributed by atoms with E-state index in [1.165, 1.54) is 7.11 Å². The third-order valence-corrected chi connectivity index (χ3v) is 8.80. The Morgan fingerprint density at radius 2 is 1.96 bits per heavy atom. The molecular formula is C34H42N6O6. The Hall–Kier alpha value is -4.39. The maximum Gasteiger partial charge on any atom is 0.305 e. The standard InChI is InChI=1S/C34H42N6O6/c1-24(10-6-8-17-38-22-29(36-37-38)27(23-41)25-11-4-3-5-12-25)34(45)28-20-26(39-19-16-35-21-31(39)42)14-15-30(28)40(33(34)44)18-9-7-13-32(43)46-2/h3-6,10-12,14-15,20,22,24,27,35,41,45H,7-9,13,16-19,21,23H2,1-2H3/b10-6+/t24-,27?,34+/m1/s1. The summed E-state index contributed by atoms with van der Waals surface area (Å²) in [5.41, 5.74) is 1.50. The number of nitrogens with one attached hydrogen (secondary N) is 1. The molecule has 0 aliphatic carbocycles. The number of aryl methyl sites for hydroxylation is 1. The van der Waals surface area contributed by atoms with Crippen molar-refractivity contribution in [3.05, 3.63) is 83.7 Å². The first-order valence-electron chi connectivity index (χ1n) is 15.8. The van der Waals surface area contributed by atoms with Crippen LogP contribution in [0.15, 0.2) is 66.9 Å². The molecule has 5 rings (SSSR count). The molecule has 0 saturated carbocycles. The zero-order valence-electron chi connectivity index (χ0n) is 26.3. The molecule has 1 saturated heterocycles. The number of anilines is 2. The van der Waals surface area contributed by atoms with Crippen molar-refractivity contribution in [3.8, 4) is 0 Å². The van der Waals surface area contributed by atoms with Gasteiger partial charge in [0.2, 0.25) is 5.91 Å². The lowest BCUT2D eigenvalue weighted by Crippen LogP contribution is -2.48. The third-order valence-electron chi connectivity index (χ3n) is 8.80. The Labute approximate surface area is 268 Å². The van der Waals surface area contributed by atoms with Crippen LogP contribution in [0.25, 0.3) is 0 Å². The minimum atomic E-state index is -1.84. The summed E-state index contributed by atoms with van der Waals surface area (Å²) in [5, 5.41) is 33.7. The third kappa shape index (κ3) is 6.88. The van der Waals surface area contributed by atoms with Crippen molar-refractivity contribution in [1.29, 1.82) is 0 Å². The molecule has 1 fully saturated rings. The van der Waals surface area contributed by atoms with Crippen molar-refractivity contribution >= 4 is 29.2 Å². The fourth-order valence-electron chi connectivity index (χ4n) is 6.13. The summed E-state index contributed by atoms with van der Waals surface area (Å²) in [7, 11) is 1.35. The molecule has 12 nitrogen and oxygen atoms in total. The lowest BCUT2D eigenvalue weighted by molar-refractivity contribution is -0.140. The number of fused-ring (bicyclic) bond motifs is 1. The van der Waals surface area contributed by atoms with Crippen LogP contribution >= 0.6 is 0 Å². The summed E-state index contributed by atoms with van der Waals surface area (Å²) in [6.45, 7) is 3.95. The van der Waals surface area contributed by atoms with Crippen LogP contribution < -0.4 is 15.1 Å². The largest absolute Gasteiger partial charge is 0.469 e. The van der Waals surface area contributed by atoms with Crippen LogP contribution in [0.4, 0.5) is 11.4 Å². The van der Waals surface area contributed by atoms with Gasteiger partial charge in [-0.15, -0.1) is 5.10 Å². The number of allylic oxidation sites excluding steroid dienone is 1. The molecule has 3 aromatic rings. The summed E-state index contributed by atoms with van der Waals surface area (Å²) in [5.74, 6) is -1.66. The molecule has 2 aliphatic heterocycles. The van der Waals surface area contributed by atoms with E-state index in [0.717, 1.165) is 5.56 Å². The molecule has 0 bridgehead atoms. The van der Waals surface area contributed by atoms with Gasteiger partial charge in [0.15, 0.2) is 5.60 Å². The van der Waals surface area contributed by atoms with Gasteiger partial charge in [-0.05, 0) is 43.0 Å². The first-order chi connectivity index (χ1) is 22.3. The Morgan fingerprint density at radius 3 is 2.70 bits per heavy atom. The molecule has 3 N–H and O–H groups in total. The maximum absolute atomic E-state index is 13.9. The quantitative estimate of drug-likeness (QED) is 0.139. The molecular weight excluding hydrogens is 588 g/mol. The number of methoxy groups -OCH3 is 1. The second kappa shape index (κ2) is 14.8. The Balaban J connectivity index is 1.31. The molecule has 3 heterocycles. The lowest BCUT2D eigenvalue weighted by Gasteiger charge is -2.30. The first-order valence-corrected chi connectivity index (χ1v) is 15.8. The number of aliphatic hydroxyl groups is 2. The number of esters is 1. The number of ether oxygens (including phenoxy) is 1. The van der Waals surface area contributed by atoms with Gasteiger partial charge < -0.3 is 30.1 Å². The van der Waals surface area contributed by atoms with Gasteiger partial charge in [-0.25, -0.2) is 0 Å². The van der Waals surface area contributed by atoms with Crippen LogP contribution in [0.5, 0.6) is 0 Å². The summed E-state index contributed by atoms with van der Waals surface area (Å²) in [6, 6.07) is 15.0. The number of aliphatic hydroxyl groups excluding tert-OH is 1. The number of aromatic nitrogens is 3. The van der Waals surface area contributed by atoms with Crippen LogP contribution in [-0.4, -0.2) is 82.9 Å². The number of benzene rings is 2. The van der Waals surface area contributed by atoms with Crippen LogP contribution in [0, 0.1) is 5.92 Å². The van der Waals surface area contributed by atoms with Gasteiger partial charge in [0, 0.05) is 56.0 Å². The highest BCUT2D eigenvalue weighted by atomic mass is 16.5. The fourth-order valence-corrected chi connectivity index (χ4v) is 6.13. The molecule has 1 unspecified atom stereocenters. The van der Waals surface area contributed by atoms with Gasteiger partial charge in [-0.1, -0.05) is 54.6 Å². The van der Waals surface area contributed by atoms with Gasteiger partial charge in [-0.2, -0.15) is 0 Å². The molecule has 0 spiro atoms. The van der Waals surface area contributed by atoms with Gasteiger partial charge in [0.05, 0.1) is 37.6 Å². The van der Waals surface area contributed by atoms with Crippen LogP contribution in [-0.2, 0) is 31.3 Å². The van der Waals surface area contributed by atoms with E-state index in [4.69, 9.17) is 4.74 Å². The Bertz CT molecular complexity index is 1560. The maximum atomic E-state index is 13.9. The number of amides is 2. The number of hydrogen-bond donors (Lipinski definition) is 3. The minimum Gasteiger partial charge on any atom is -0.469 e. The Morgan fingerprint density at radius 1 is 1.15 bits per heavy atom. The Kier molecular flexibility index (Phi) is 10.6. The number of piperazine rings is 1. The minimum absolute atomic E-state index is 0.0722. The second-order valence-corrected chi connectivity index (χ2v) is 11.7. The van der Waals surface area contributed by atoms with E-state index in [0.29, 0.717) is 68.1 Å². The van der Waals surface area contributed by atoms with Crippen molar-refractivity contribution in [2.45, 2.75) is 50.7 Å². The highest BCUT2D eigenvalue weighted by Gasteiger charge is 2.52. The van der Waals surface area contributed by atoms with Crippen molar-refractivity contribution < 1.29 is 29.3 Å². The summed E-state index contributed by atoms with van der Waals surface area (Å²) in [4.78, 5) is 41.4. The van der Waals surface area contributed by atoms with E-state index in [-0.39, 0.29) is 37.4 Å². The average molecular weight is 631 g/mol. The number of unbranched alkanes of at least 4 members (excludes halogenated alkanes) is 1. The van der Waals surface area contributed by atoms with Crippen molar-refractivity contribution in [1.82, 2.24) is 20.3 Å². The van der Waals surface area contributed by atoms with Crippen molar-refractivity contribution in [2.24, 2.45) is 5.92 Å². The van der Waals surface area contributed by atoms with Gasteiger partial charge in [0.25, 0.3) is 5.91 Å². The van der Waals surface area contributed by atoms with Crippen LogP contribution in [0.3, 0.4) is 0 Å². The molecule has 2 aromatic carbocycles. The number of carbonyl (C=O) groups is 3. The van der Waals surface area contributed by atoms with E-state index in [9.17, 15) is 24.6 Å². The number of rotatable bonds is 14. The molecule has 2 amide bonds. The number of hydrogen-bond acceptors (Lipinski definition) is 9. The highest BCUT2D eigenvalue weighted by Crippen LogP contribution is 2.47. The predicted octanol–water partition coefficient (Wildman–Crippen LogP) is 2.50. The summed E-state index contributed by atoms with van der Waals surface area (Å²) in [6.07, 6.45) is 7.50. The fraction of sp³-hybridized carbons (Fsp3) is 0.441.